The normalized spacial score (nSPS) is 24.2. The number of ether oxygens (including phenoxy) is 1. The highest BCUT2D eigenvalue weighted by molar-refractivity contribution is 5.79. The molecule has 0 radical (unpaired) electrons. The lowest BCUT2D eigenvalue weighted by atomic mass is 10.2. The van der Waals surface area contributed by atoms with Gasteiger partial charge < -0.3 is 20.3 Å². The molecule has 0 bridgehead atoms. The molecule has 0 aromatic carbocycles. The van der Waals surface area contributed by atoms with E-state index in [1.54, 1.807) is 0 Å². The minimum Gasteiger partial charge on any atom is -0.376 e. The first kappa shape index (κ1) is 17.5. The van der Waals surface area contributed by atoms with Crippen molar-refractivity contribution in [2.75, 3.05) is 45.9 Å². The van der Waals surface area contributed by atoms with Crippen molar-refractivity contribution < 1.29 is 4.74 Å². The lowest BCUT2D eigenvalue weighted by Gasteiger charge is -2.20. The van der Waals surface area contributed by atoms with Crippen LogP contribution in [0.25, 0.3) is 0 Å². The number of guanidine groups is 1. The standard InChI is InChI=1S/C17H34N4O/c1-2-18-17(20-15-16-9-7-14-22-16)19-10-8-13-21-11-5-3-4-6-12-21/h16H,2-15H2,1H3,(H2,18,19,20). The summed E-state index contributed by atoms with van der Waals surface area (Å²) in [6.07, 6.45) is 9.41. The molecule has 5 nitrogen and oxygen atoms in total. The van der Waals surface area contributed by atoms with E-state index in [2.05, 4.69) is 27.4 Å². The summed E-state index contributed by atoms with van der Waals surface area (Å²) < 4.78 is 5.63. The van der Waals surface area contributed by atoms with Gasteiger partial charge in [0.25, 0.3) is 0 Å². The molecule has 2 rings (SSSR count). The van der Waals surface area contributed by atoms with Crippen LogP contribution in [0.3, 0.4) is 0 Å². The van der Waals surface area contributed by atoms with Gasteiger partial charge in [-0.2, -0.15) is 0 Å². The van der Waals surface area contributed by atoms with Crippen LogP contribution < -0.4 is 10.6 Å². The molecule has 128 valence electrons. The topological polar surface area (TPSA) is 48.9 Å². The fourth-order valence-corrected chi connectivity index (χ4v) is 3.19. The first-order valence-corrected chi connectivity index (χ1v) is 9.24. The molecule has 0 aromatic heterocycles. The van der Waals surface area contributed by atoms with E-state index < -0.39 is 0 Å². The number of likely N-dealkylation sites (tertiary alicyclic amines) is 1. The quantitative estimate of drug-likeness (QED) is 0.429. The molecule has 5 heteroatoms. The lowest BCUT2D eigenvalue weighted by molar-refractivity contribution is 0.117. The Bertz CT molecular complexity index is 308. The fourth-order valence-electron chi connectivity index (χ4n) is 3.19. The Morgan fingerprint density at radius 1 is 1.14 bits per heavy atom. The Labute approximate surface area is 135 Å². The lowest BCUT2D eigenvalue weighted by Crippen LogP contribution is -2.39. The van der Waals surface area contributed by atoms with E-state index >= 15 is 0 Å². The van der Waals surface area contributed by atoms with Gasteiger partial charge in [0.1, 0.15) is 0 Å². The highest BCUT2D eigenvalue weighted by Gasteiger charge is 2.14. The van der Waals surface area contributed by atoms with E-state index in [1.807, 2.05) is 0 Å². The van der Waals surface area contributed by atoms with E-state index in [9.17, 15) is 0 Å². The van der Waals surface area contributed by atoms with Crippen LogP contribution in [0.4, 0.5) is 0 Å². The first-order chi connectivity index (χ1) is 10.9. The molecule has 2 saturated heterocycles. The molecule has 0 saturated carbocycles. The van der Waals surface area contributed by atoms with Crippen molar-refractivity contribution in [1.29, 1.82) is 0 Å². The van der Waals surface area contributed by atoms with Crippen molar-refractivity contribution >= 4 is 5.96 Å². The Kier molecular flexibility index (Phi) is 8.64. The smallest absolute Gasteiger partial charge is 0.191 e. The van der Waals surface area contributed by atoms with Gasteiger partial charge in [-0.05, 0) is 58.7 Å². The van der Waals surface area contributed by atoms with E-state index in [1.165, 1.54) is 58.2 Å². The van der Waals surface area contributed by atoms with Gasteiger partial charge >= 0.3 is 0 Å². The van der Waals surface area contributed by atoms with Crippen molar-refractivity contribution in [2.24, 2.45) is 4.99 Å². The van der Waals surface area contributed by atoms with Crippen LogP contribution in [-0.2, 0) is 4.74 Å². The van der Waals surface area contributed by atoms with E-state index in [-0.39, 0.29) is 0 Å². The average Bonchev–Trinajstić information content (AvgIpc) is 2.92. The monoisotopic (exact) mass is 310 g/mol. The first-order valence-electron chi connectivity index (χ1n) is 9.24. The van der Waals surface area contributed by atoms with Gasteiger partial charge in [-0.15, -0.1) is 0 Å². The largest absolute Gasteiger partial charge is 0.376 e. The van der Waals surface area contributed by atoms with E-state index in [0.29, 0.717) is 6.10 Å². The zero-order valence-corrected chi connectivity index (χ0v) is 14.3. The summed E-state index contributed by atoms with van der Waals surface area (Å²) in [7, 11) is 0. The second-order valence-electron chi connectivity index (χ2n) is 6.39. The second-order valence-corrected chi connectivity index (χ2v) is 6.39. The van der Waals surface area contributed by atoms with Crippen molar-refractivity contribution in [3.8, 4) is 0 Å². The van der Waals surface area contributed by atoms with Crippen LogP contribution in [0.1, 0.15) is 51.9 Å². The molecule has 2 N–H and O–H groups in total. The predicted molar refractivity (Wildman–Crippen MR) is 92.5 cm³/mol. The summed E-state index contributed by atoms with van der Waals surface area (Å²) in [4.78, 5) is 7.27. The molecule has 0 amide bonds. The molecule has 2 aliphatic heterocycles. The third-order valence-corrected chi connectivity index (χ3v) is 4.46. The van der Waals surface area contributed by atoms with E-state index in [0.717, 1.165) is 38.6 Å². The van der Waals surface area contributed by atoms with Crippen LogP contribution in [0.2, 0.25) is 0 Å². The maximum atomic E-state index is 5.63. The van der Waals surface area contributed by atoms with Crippen molar-refractivity contribution in [3.63, 3.8) is 0 Å². The third-order valence-electron chi connectivity index (χ3n) is 4.46. The van der Waals surface area contributed by atoms with Gasteiger partial charge in [0, 0.05) is 19.7 Å². The average molecular weight is 310 g/mol. The highest BCUT2D eigenvalue weighted by atomic mass is 16.5. The van der Waals surface area contributed by atoms with Crippen LogP contribution in [0.5, 0.6) is 0 Å². The Morgan fingerprint density at radius 3 is 2.64 bits per heavy atom. The molecule has 0 aromatic rings. The maximum absolute atomic E-state index is 5.63. The number of hydrogen-bond acceptors (Lipinski definition) is 3. The Morgan fingerprint density at radius 2 is 1.95 bits per heavy atom. The summed E-state index contributed by atoms with van der Waals surface area (Å²) >= 11 is 0. The molecule has 1 atom stereocenters. The SMILES string of the molecule is CCNC(=NCC1CCCO1)NCCCN1CCCCCC1. The molecule has 0 aliphatic carbocycles. The molecule has 2 fully saturated rings. The van der Waals surface area contributed by atoms with Crippen LogP contribution in [0, 0.1) is 0 Å². The summed E-state index contributed by atoms with van der Waals surface area (Å²) in [5.74, 6) is 0.939. The summed E-state index contributed by atoms with van der Waals surface area (Å²) in [5, 5.41) is 6.78. The van der Waals surface area contributed by atoms with E-state index in [4.69, 9.17) is 4.74 Å². The number of nitrogens with zero attached hydrogens (tertiary/aromatic N) is 2. The van der Waals surface area contributed by atoms with Crippen molar-refractivity contribution in [3.05, 3.63) is 0 Å². The van der Waals surface area contributed by atoms with Crippen LogP contribution >= 0.6 is 0 Å². The molecule has 2 aliphatic rings. The predicted octanol–water partition coefficient (Wildman–Crippen LogP) is 1.99. The summed E-state index contributed by atoms with van der Waals surface area (Å²) in [6.45, 7) is 9.47. The minimum absolute atomic E-state index is 0.326. The van der Waals surface area contributed by atoms with Gasteiger partial charge in [0.15, 0.2) is 5.96 Å². The Balaban J connectivity index is 1.61. The van der Waals surface area contributed by atoms with Crippen molar-refractivity contribution in [2.45, 2.75) is 58.0 Å². The van der Waals surface area contributed by atoms with Crippen LogP contribution in [0.15, 0.2) is 4.99 Å². The molecular formula is C17H34N4O. The van der Waals surface area contributed by atoms with Crippen molar-refractivity contribution in [1.82, 2.24) is 15.5 Å². The third kappa shape index (κ3) is 6.97. The highest BCUT2D eigenvalue weighted by Crippen LogP contribution is 2.12. The van der Waals surface area contributed by atoms with Gasteiger partial charge in [-0.25, -0.2) is 0 Å². The van der Waals surface area contributed by atoms with Gasteiger partial charge in [0.2, 0.25) is 0 Å². The molecule has 0 spiro atoms. The summed E-state index contributed by atoms with van der Waals surface area (Å²) in [5.41, 5.74) is 0. The Hall–Kier alpha value is -0.810. The number of aliphatic imine (C=N–C) groups is 1. The number of hydrogen-bond donors (Lipinski definition) is 2. The minimum atomic E-state index is 0.326. The van der Waals surface area contributed by atoms with Gasteiger partial charge in [-0.3, -0.25) is 4.99 Å². The maximum Gasteiger partial charge on any atom is 0.191 e. The zero-order chi connectivity index (χ0) is 15.5. The molecule has 1 unspecified atom stereocenters. The van der Waals surface area contributed by atoms with Gasteiger partial charge in [-0.1, -0.05) is 12.8 Å². The fraction of sp³-hybridized carbons (Fsp3) is 0.941. The zero-order valence-electron chi connectivity index (χ0n) is 14.3. The molecule has 22 heavy (non-hydrogen) atoms. The van der Waals surface area contributed by atoms with Crippen LogP contribution in [-0.4, -0.2) is 62.8 Å². The second kappa shape index (κ2) is 10.8. The number of nitrogens with one attached hydrogen (secondary N) is 2. The molecular weight excluding hydrogens is 276 g/mol. The van der Waals surface area contributed by atoms with Gasteiger partial charge in [0.05, 0.1) is 12.6 Å². The summed E-state index contributed by atoms with van der Waals surface area (Å²) in [6, 6.07) is 0. The number of rotatable bonds is 7. The molecule has 2 heterocycles.